The van der Waals surface area contributed by atoms with Crippen LogP contribution in [0.5, 0.6) is 0 Å². The molecule has 0 aliphatic rings. The lowest BCUT2D eigenvalue weighted by Gasteiger charge is -2.02. The van der Waals surface area contributed by atoms with E-state index in [9.17, 15) is 14.9 Å². The van der Waals surface area contributed by atoms with Crippen LogP contribution in [0.4, 0.5) is 5.69 Å². The Morgan fingerprint density at radius 1 is 1.47 bits per heavy atom. The van der Waals surface area contributed by atoms with Gasteiger partial charge in [0.1, 0.15) is 0 Å². The predicted molar refractivity (Wildman–Crippen MR) is 53.6 cm³/mol. The zero-order valence-corrected chi connectivity index (χ0v) is 7.88. The van der Waals surface area contributed by atoms with Crippen molar-refractivity contribution in [1.82, 2.24) is 9.55 Å². The maximum atomic E-state index is 11.2. The third-order valence-electron chi connectivity index (χ3n) is 2.18. The number of fused-ring (bicyclic) bond motifs is 1. The summed E-state index contributed by atoms with van der Waals surface area (Å²) in [7, 11) is 1.55. The summed E-state index contributed by atoms with van der Waals surface area (Å²) < 4.78 is 1.33. The molecule has 15 heavy (non-hydrogen) atoms. The lowest BCUT2D eigenvalue weighted by atomic mass is 10.2. The van der Waals surface area contributed by atoms with Crippen molar-refractivity contribution >= 4 is 16.7 Å². The van der Waals surface area contributed by atoms with E-state index >= 15 is 0 Å². The van der Waals surface area contributed by atoms with E-state index < -0.39 is 4.92 Å². The molecule has 2 aromatic rings. The molecule has 1 aromatic heterocycles. The first-order valence-corrected chi connectivity index (χ1v) is 4.20. The van der Waals surface area contributed by atoms with Crippen LogP contribution in [-0.2, 0) is 7.05 Å². The molecule has 0 atom stereocenters. The zero-order chi connectivity index (χ0) is 11.0. The van der Waals surface area contributed by atoms with Crippen LogP contribution >= 0.6 is 0 Å². The maximum Gasteiger partial charge on any atom is 0.271 e. The van der Waals surface area contributed by atoms with Crippen LogP contribution < -0.4 is 5.56 Å². The smallest absolute Gasteiger partial charge is 0.271 e. The molecule has 0 fully saturated rings. The van der Waals surface area contributed by atoms with Crippen molar-refractivity contribution in [3.05, 3.63) is 44.9 Å². The minimum absolute atomic E-state index is 0.0505. The Morgan fingerprint density at radius 3 is 2.87 bits per heavy atom. The third-order valence-corrected chi connectivity index (χ3v) is 2.18. The van der Waals surface area contributed by atoms with E-state index in [1.165, 1.54) is 29.0 Å². The molecule has 0 spiro atoms. The van der Waals surface area contributed by atoms with Gasteiger partial charge in [0.05, 0.1) is 22.2 Å². The van der Waals surface area contributed by atoms with Crippen LogP contribution in [-0.4, -0.2) is 14.5 Å². The highest BCUT2D eigenvalue weighted by Gasteiger charge is 2.08. The molecule has 6 heteroatoms. The molecular weight excluding hydrogens is 198 g/mol. The van der Waals surface area contributed by atoms with Crippen molar-refractivity contribution in [1.29, 1.82) is 0 Å². The van der Waals surface area contributed by atoms with E-state index in [2.05, 4.69) is 4.98 Å². The molecule has 0 amide bonds. The second kappa shape index (κ2) is 3.16. The van der Waals surface area contributed by atoms with E-state index in [-0.39, 0.29) is 11.2 Å². The largest absolute Gasteiger partial charge is 0.308 e. The van der Waals surface area contributed by atoms with Gasteiger partial charge in [0, 0.05) is 19.2 Å². The fourth-order valence-corrected chi connectivity index (χ4v) is 1.33. The van der Waals surface area contributed by atoms with Crippen molar-refractivity contribution in [3.63, 3.8) is 0 Å². The first-order valence-electron chi connectivity index (χ1n) is 4.20. The number of aromatic nitrogens is 2. The summed E-state index contributed by atoms with van der Waals surface area (Å²) in [5.41, 5.74) is 0.674. The number of rotatable bonds is 1. The van der Waals surface area contributed by atoms with Crippen LogP contribution in [0.1, 0.15) is 0 Å². The van der Waals surface area contributed by atoms with Crippen molar-refractivity contribution in [2.45, 2.75) is 0 Å². The standard InChI is InChI=1S/C9H7N3O3/c1-11-8-4-6(12(14)15)2-3-7(8)10-5-9(11)13/h2-5H,1H3. The molecule has 0 N–H and O–H groups in total. The van der Waals surface area contributed by atoms with Gasteiger partial charge in [0.2, 0.25) is 0 Å². The van der Waals surface area contributed by atoms with Crippen LogP contribution in [0.3, 0.4) is 0 Å². The van der Waals surface area contributed by atoms with Crippen molar-refractivity contribution in [2.24, 2.45) is 7.05 Å². The summed E-state index contributed by atoms with van der Waals surface area (Å²) in [6.45, 7) is 0. The Morgan fingerprint density at radius 2 is 2.20 bits per heavy atom. The molecular formula is C9H7N3O3. The van der Waals surface area contributed by atoms with E-state index in [0.29, 0.717) is 11.0 Å². The molecule has 2 rings (SSSR count). The zero-order valence-electron chi connectivity index (χ0n) is 7.88. The number of non-ortho nitro benzene ring substituents is 1. The normalized spacial score (nSPS) is 10.5. The van der Waals surface area contributed by atoms with Gasteiger partial charge in [0.15, 0.2) is 0 Å². The summed E-state index contributed by atoms with van der Waals surface area (Å²) >= 11 is 0. The Bertz CT molecular complexity index is 603. The number of nitro benzene ring substituents is 1. The highest BCUT2D eigenvalue weighted by molar-refractivity contribution is 5.77. The van der Waals surface area contributed by atoms with Gasteiger partial charge in [-0.15, -0.1) is 0 Å². The quantitative estimate of drug-likeness (QED) is 0.510. The summed E-state index contributed by atoms with van der Waals surface area (Å²) in [4.78, 5) is 25.2. The predicted octanol–water partition coefficient (Wildman–Crippen LogP) is 0.842. The summed E-state index contributed by atoms with van der Waals surface area (Å²) in [6, 6.07) is 4.22. The minimum Gasteiger partial charge on any atom is -0.308 e. The molecule has 0 bridgehead atoms. The molecule has 6 nitrogen and oxygen atoms in total. The summed E-state index contributed by atoms with van der Waals surface area (Å²) in [5.74, 6) is 0. The first kappa shape index (κ1) is 9.32. The van der Waals surface area contributed by atoms with Gasteiger partial charge in [0.25, 0.3) is 11.2 Å². The Balaban J connectivity index is 2.85. The molecule has 76 valence electrons. The van der Waals surface area contributed by atoms with Gasteiger partial charge in [-0.2, -0.15) is 0 Å². The average molecular weight is 205 g/mol. The monoisotopic (exact) mass is 205 g/mol. The molecule has 1 heterocycles. The van der Waals surface area contributed by atoms with Gasteiger partial charge < -0.3 is 4.57 Å². The van der Waals surface area contributed by atoms with E-state index in [0.717, 1.165) is 0 Å². The number of nitrogens with zero attached hydrogens (tertiary/aromatic N) is 3. The van der Waals surface area contributed by atoms with Crippen LogP contribution in [0.25, 0.3) is 11.0 Å². The fraction of sp³-hybridized carbons (Fsp3) is 0.111. The number of aryl methyl sites for hydroxylation is 1. The molecule has 0 aliphatic carbocycles. The van der Waals surface area contributed by atoms with Gasteiger partial charge in [-0.25, -0.2) is 4.98 Å². The first-order chi connectivity index (χ1) is 7.09. The van der Waals surface area contributed by atoms with Gasteiger partial charge >= 0.3 is 0 Å². The molecule has 1 aromatic carbocycles. The second-order valence-electron chi connectivity index (χ2n) is 3.09. The van der Waals surface area contributed by atoms with Gasteiger partial charge in [-0.3, -0.25) is 14.9 Å². The highest BCUT2D eigenvalue weighted by atomic mass is 16.6. The molecule has 0 radical (unpaired) electrons. The van der Waals surface area contributed by atoms with Crippen molar-refractivity contribution < 1.29 is 4.92 Å². The average Bonchev–Trinajstić information content (AvgIpc) is 2.23. The third kappa shape index (κ3) is 1.45. The van der Waals surface area contributed by atoms with Crippen molar-refractivity contribution in [2.75, 3.05) is 0 Å². The Labute approximate surface area is 83.9 Å². The number of benzene rings is 1. The Hall–Kier alpha value is -2.24. The van der Waals surface area contributed by atoms with Crippen LogP contribution in [0.2, 0.25) is 0 Å². The summed E-state index contributed by atoms with van der Waals surface area (Å²) in [6.07, 6.45) is 1.19. The van der Waals surface area contributed by atoms with Gasteiger partial charge in [-0.05, 0) is 6.07 Å². The molecule has 0 unspecified atom stereocenters. The maximum absolute atomic E-state index is 11.2. The van der Waals surface area contributed by atoms with Crippen LogP contribution in [0.15, 0.2) is 29.2 Å². The molecule has 0 saturated heterocycles. The van der Waals surface area contributed by atoms with E-state index in [1.807, 2.05) is 0 Å². The van der Waals surface area contributed by atoms with Crippen LogP contribution in [0, 0.1) is 10.1 Å². The second-order valence-corrected chi connectivity index (χ2v) is 3.09. The number of hydrogen-bond donors (Lipinski definition) is 0. The number of hydrogen-bond acceptors (Lipinski definition) is 4. The topological polar surface area (TPSA) is 78.0 Å². The van der Waals surface area contributed by atoms with E-state index in [1.54, 1.807) is 7.05 Å². The Kier molecular flexibility index (Phi) is 1.96. The molecule has 0 saturated carbocycles. The SMILES string of the molecule is Cn1c(=O)cnc2ccc([N+](=O)[O-])cc21. The molecule has 0 aliphatic heterocycles. The lowest BCUT2D eigenvalue weighted by molar-refractivity contribution is -0.384. The van der Waals surface area contributed by atoms with Gasteiger partial charge in [-0.1, -0.05) is 0 Å². The lowest BCUT2D eigenvalue weighted by Crippen LogP contribution is -2.16. The fourth-order valence-electron chi connectivity index (χ4n) is 1.33. The van der Waals surface area contributed by atoms with E-state index in [4.69, 9.17) is 0 Å². The minimum atomic E-state index is -0.503. The number of nitro groups is 1. The van der Waals surface area contributed by atoms with Crippen molar-refractivity contribution in [3.8, 4) is 0 Å². The highest BCUT2D eigenvalue weighted by Crippen LogP contribution is 2.17. The summed E-state index contributed by atoms with van der Waals surface area (Å²) in [5, 5.41) is 10.5.